The van der Waals surface area contributed by atoms with Crippen molar-refractivity contribution in [1.82, 2.24) is 0 Å². The van der Waals surface area contributed by atoms with E-state index < -0.39 is 0 Å². The topological polar surface area (TPSA) is 0 Å². The first-order chi connectivity index (χ1) is 8.45. The first kappa shape index (κ1) is 11.4. The average molecular weight is 234 g/mol. The lowest BCUT2D eigenvalue weighted by molar-refractivity contribution is 1.65. The van der Waals surface area contributed by atoms with Gasteiger partial charge in [0.1, 0.15) is 0 Å². The number of benzene rings is 2. The zero-order chi connectivity index (χ0) is 11.8. The molecule has 0 unspecified atom stereocenters. The molecule has 0 fully saturated rings. The highest BCUT2D eigenvalue weighted by Gasteiger charge is 1.81. The number of hydrogen-bond donors (Lipinski definition) is 0. The summed E-state index contributed by atoms with van der Waals surface area (Å²) in [6.45, 7) is 0. The molecule has 17 heavy (non-hydrogen) atoms. The van der Waals surface area contributed by atoms with Gasteiger partial charge in [0.05, 0.1) is 0 Å². The van der Waals surface area contributed by atoms with Crippen LogP contribution in [0.1, 0.15) is 11.1 Å². The van der Waals surface area contributed by atoms with Crippen molar-refractivity contribution in [2.75, 3.05) is 0 Å². The summed E-state index contributed by atoms with van der Waals surface area (Å²) < 4.78 is 0. The van der Waals surface area contributed by atoms with Gasteiger partial charge in [-0.1, -0.05) is 48.2 Å². The van der Waals surface area contributed by atoms with Crippen LogP contribution in [0.2, 0.25) is 0 Å². The van der Waals surface area contributed by atoms with Crippen LogP contribution < -0.4 is 0 Å². The van der Waals surface area contributed by atoms with Crippen LogP contribution in [0.15, 0.2) is 60.7 Å². The summed E-state index contributed by atoms with van der Waals surface area (Å²) in [5, 5.41) is 5.93. The fraction of sp³-hybridized carbons (Fsp3) is 0. The Balaban J connectivity index is 1.93. The first-order valence-corrected chi connectivity index (χ1v) is 6.05. The van der Waals surface area contributed by atoms with Crippen molar-refractivity contribution in [1.29, 1.82) is 0 Å². The van der Waals surface area contributed by atoms with Crippen LogP contribution in [0, 0.1) is 22.3 Å². The van der Waals surface area contributed by atoms with Crippen LogP contribution in [0.3, 0.4) is 0 Å². The Kier molecular flexibility index (Phi) is 4.35. The maximum absolute atomic E-state index is 3.04. The van der Waals surface area contributed by atoms with E-state index >= 15 is 0 Å². The van der Waals surface area contributed by atoms with E-state index in [2.05, 4.69) is 22.3 Å². The predicted octanol–water partition coefficient (Wildman–Crippen LogP) is 3.74. The Morgan fingerprint density at radius 2 is 1.00 bits per heavy atom. The number of rotatable bonds is 0. The van der Waals surface area contributed by atoms with Crippen molar-refractivity contribution in [3.63, 3.8) is 0 Å². The smallest absolute Gasteiger partial charge is 0.0254 e. The third-order valence-corrected chi connectivity index (χ3v) is 2.45. The van der Waals surface area contributed by atoms with E-state index in [1.165, 1.54) is 11.8 Å². The summed E-state index contributed by atoms with van der Waals surface area (Å²) in [5.74, 6) is 6.08. The van der Waals surface area contributed by atoms with Crippen LogP contribution in [0.4, 0.5) is 0 Å². The molecule has 0 N–H and O–H groups in total. The van der Waals surface area contributed by atoms with Crippen molar-refractivity contribution in [2.45, 2.75) is 0 Å². The van der Waals surface area contributed by atoms with E-state index in [0.717, 1.165) is 11.1 Å². The van der Waals surface area contributed by atoms with Crippen molar-refractivity contribution >= 4 is 11.8 Å². The largest absolute Gasteiger partial charge is 0.0622 e. The van der Waals surface area contributed by atoms with Crippen molar-refractivity contribution < 1.29 is 0 Å². The second kappa shape index (κ2) is 6.48. The zero-order valence-corrected chi connectivity index (χ0v) is 10.00. The summed E-state index contributed by atoms with van der Waals surface area (Å²) in [6, 6.07) is 19.8. The van der Waals surface area contributed by atoms with Gasteiger partial charge in [0, 0.05) is 22.9 Å². The van der Waals surface area contributed by atoms with Gasteiger partial charge < -0.3 is 0 Å². The molecular formula is C16H10S. The van der Waals surface area contributed by atoms with Gasteiger partial charge in [-0.2, -0.15) is 0 Å². The highest BCUT2D eigenvalue weighted by Crippen LogP contribution is 2.00. The molecule has 2 rings (SSSR count). The van der Waals surface area contributed by atoms with Gasteiger partial charge in [0.25, 0.3) is 0 Å². The third-order valence-electron chi connectivity index (χ3n) is 2.04. The van der Waals surface area contributed by atoms with Crippen LogP contribution in [-0.4, -0.2) is 0 Å². The molecule has 0 heterocycles. The third kappa shape index (κ3) is 4.11. The molecule has 0 radical (unpaired) electrons. The fourth-order valence-electron chi connectivity index (χ4n) is 1.24. The Morgan fingerprint density at radius 3 is 1.41 bits per heavy atom. The van der Waals surface area contributed by atoms with E-state index in [0.29, 0.717) is 0 Å². The molecule has 0 saturated carbocycles. The Morgan fingerprint density at radius 1 is 0.588 bits per heavy atom. The molecule has 2 aromatic rings. The van der Waals surface area contributed by atoms with Gasteiger partial charge in [0.2, 0.25) is 0 Å². The Hall–Kier alpha value is -2.09. The van der Waals surface area contributed by atoms with Crippen molar-refractivity contribution in [2.24, 2.45) is 0 Å². The van der Waals surface area contributed by atoms with Gasteiger partial charge in [-0.15, -0.1) is 0 Å². The Labute approximate surface area is 106 Å². The predicted molar refractivity (Wildman–Crippen MR) is 74.2 cm³/mol. The lowest BCUT2D eigenvalue weighted by Gasteiger charge is -1.85. The molecule has 0 amide bonds. The Bertz CT molecular complexity index is 522. The highest BCUT2D eigenvalue weighted by molar-refractivity contribution is 8.08. The lowest BCUT2D eigenvalue weighted by atomic mass is 10.2. The van der Waals surface area contributed by atoms with E-state index in [4.69, 9.17) is 0 Å². The van der Waals surface area contributed by atoms with E-state index in [1.54, 1.807) is 0 Å². The standard InChI is InChI=1S/C16H10S/c1-3-7-15(8-4-1)11-13-17-14-12-16-9-5-2-6-10-16/h1-10H. The minimum absolute atomic E-state index is 1.02. The van der Waals surface area contributed by atoms with Gasteiger partial charge in [-0.3, -0.25) is 0 Å². The normalized spacial score (nSPS) is 8.47. The molecule has 0 nitrogen and oxygen atoms in total. The van der Waals surface area contributed by atoms with Crippen LogP contribution in [-0.2, 0) is 0 Å². The number of hydrogen-bond acceptors (Lipinski definition) is 1. The van der Waals surface area contributed by atoms with E-state index in [-0.39, 0.29) is 0 Å². The molecule has 80 valence electrons. The van der Waals surface area contributed by atoms with Crippen molar-refractivity contribution in [3.05, 3.63) is 71.8 Å². The molecule has 0 spiro atoms. The first-order valence-electron chi connectivity index (χ1n) is 5.23. The molecule has 0 aliphatic heterocycles. The quantitative estimate of drug-likeness (QED) is 0.626. The molecule has 0 aliphatic carbocycles. The molecule has 0 bridgehead atoms. The van der Waals surface area contributed by atoms with Gasteiger partial charge >= 0.3 is 0 Å². The molecule has 0 atom stereocenters. The maximum Gasteiger partial charge on any atom is 0.0254 e. The monoisotopic (exact) mass is 234 g/mol. The molecule has 0 aromatic heterocycles. The zero-order valence-electron chi connectivity index (χ0n) is 9.18. The fourth-order valence-corrected chi connectivity index (χ4v) is 1.63. The van der Waals surface area contributed by atoms with Gasteiger partial charge in [-0.05, 0) is 34.8 Å². The molecule has 0 saturated heterocycles. The second-order valence-corrected chi connectivity index (χ2v) is 3.90. The summed E-state index contributed by atoms with van der Waals surface area (Å²) in [4.78, 5) is 0. The SMILES string of the molecule is C(#Cc1ccccc1)SC#Cc1ccccc1. The van der Waals surface area contributed by atoms with Gasteiger partial charge in [0.15, 0.2) is 0 Å². The summed E-state index contributed by atoms with van der Waals surface area (Å²) >= 11 is 1.32. The van der Waals surface area contributed by atoms with Crippen LogP contribution in [0.5, 0.6) is 0 Å². The molecule has 2 aromatic carbocycles. The van der Waals surface area contributed by atoms with Gasteiger partial charge in [-0.25, -0.2) is 0 Å². The van der Waals surface area contributed by atoms with Crippen LogP contribution >= 0.6 is 11.8 Å². The summed E-state index contributed by atoms with van der Waals surface area (Å²) in [7, 11) is 0. The highest BCUT2D eigenvalue weighted by atomic mass is 32.2. The second-order valence-electron chi connectivity index (χ2n) is 3.29. The summed E-state index contributed by atoms with van der Waals surface area (Å²) in [6.07, 6.45) is 0. The summed E-state index contributed by atoms with van der Waals surface area (Å²) in [5.41, 5.74) is 2.03. The molecular weight excluding hydrogens is 224 g/mol. The maximum atomic E-state index is 3.04. The minimum Gasteiger partial charge on any atom is -0.0622 e. The lowest BCUT2D eigenvalue weighted by Crippen LogP contribution is -1.69. The van der Waals surface area contributed by atoms with Crippen molar-refractivity contribution in [3.8, 4) is 22.3 Å². The van der Waals surface area contributed by atoms with E-state index in [9.17, 15) is 0 Å². The van der Waals surface area contributed by atoms with E-state index in [1.807, 2.05) is 60.7 Å². The minimum atomic E-state index is 1.02. The number of thioether (sulfide) groups is 1. The van der Waals surface area contributed by atoms with Crippen LogP contribution in [0.25, 0.3) is 0 Å². The molecule has 1 heteroatoms. The molecule has 0 aliphatic rings. The average Bonchev–Trinajstić information content (AvgIpc) is 2.41.